The van der Waals surface area contributed by atoms with Crippen LogP contribution in [-0.4, -0.2) is 42.6 Å². The van der Waals surface area contributed by atoms with E-state index >= 15 is 0 Å². The van der Waals surface area contributed by atoms with E-state index in [1.807, 2.05) is 12.4 Å². The Morgan fingerprint density at radius 2 is 1.94 bits per heavy atom. The number of nitrogens with zero attached hydrogens (tertiary/aromatic N) is 2. The highest BCUT2D eigenvalue weighted by Crippen LogP contribution is 1.96. The third-order valence-corrected chi connectivity index (χ3v) is 3.09. The van der Waals surface area contributed by atoms with Crippen LogP contribution in [0.25, 0.3) is 0 Å². The van der Waals surface area contributed by atoms with Gasteiger partial charge in [0, 0.05) is 18.4 Å². The van der Waals surface area contributed by atoms with Crippen LogP contribution in [0.4, 0.5) is 0 Å². The smallest absolute Gasteiger partial charge is 0.0270 e. The van der Waals surface area contributed by atoms with Gasteiger partial charge in [-0.2, -0.15) is 0 Å². The maximum absolute atomic E-state index is 4.01. The maximum Gasteiger partial charge on any atom is 0.0270 e. The van der Waals surface area contributed by atoms with Gasteiger partial charge in [0.2, 0.25) is 0 Å². The number of hydrogen-bond donors (Lipinski definition) is 1. The van der Waals surface area contributed by atoms with Gasteiger partial charge in [-0.1, -0.05) is 0 Å². The molecule has 1 N–H and O–H groups in total. The van der Waals surface area contributed by atoms with Crippen molar-refractivity contribution in [2.24, 2.45) is 0 Å². The molecule has 0 radical (unpaired) electrons. The van der Waals surface area contributed by atoms with Gasteiger partial charge >= 0.3 is 0 Å². The second-order valence-corrected chi connectivity index (χ2v) is 4.78. The molecule has 0 atom stereocenters. The zero-order valence-corrected chi connectivity index (χ0v) is 11.3. The lowest BCUT2D eigenvalue weighted by atomic mass is 10.2. The SMILES string of the molecule is CC(C)N(C)CCCNCCc1ccncc1. The second-order valence-electron chi connectivity index (χ2n) is 4.78. The number of pyridine rings is 1. The predicted molar refractivity (Wildman–Crippen MR) is 73.2 cm³/mol. The van der Waals surface area contributed by atoms with Crippen molar-refractivity contribution < 1.29 is 0 Å². The van der Waals surface area contributed by atoms with Crippen molar-refractivity contribution in [1.82, 2.24) is 15.2 Å². The highest BCUT2D eigenvalue weighted by molar-refractivity contribution is 5.09. The lowest BCUT2D eigenvalue weighted by Gasteiger charge is -2.20. The van der Waals surface area contributed by atoms with Gasteiger partial charge in [-0.3, -0.25) is 4.98 Å². The Balaban J connectivity index is 1.98. The van der Waals surface area contributed by atoms with Crippen LogP contribution in [0.2, 0.25) is 0 Å². The molecule has 0 aliphatic heterocycles. The van der Waals surface area contributed by atoms with Crippen LogP contribution in [0.1, 0.15) is 25.8 Å². The van der Waals surface area contributed by atoms with Gasteiger partial charge in [-0.05, 0) is 71.1 Å². The number of hydrogen-bond acceptors (Lipinski definition) is 3. The van der Waals surface area contributed by atoms with E-state index in [1.54, 1.807) is 0 Å². The van der Waals surface area contributed by atoms with Crippen molar-refractivity contribution in [3.63, 3.8) is 0 Å². The Hall–Kier alpha value is -0.930. The Kier molecular flexibility index (Phi) is 6.82. The fourth-order valence-electron chi connectivity index (χ4n) is 1.62. The third kappa shape index (κ3) is 6.39. The molecule has 0 amide bonds. The van der Waals surface area contributed by atoms with Crippen molar-refractivity contribution in [2.45, 2.75) is 32.7 Å². The first-order valence-electron chi connectivity index (χ1n) is 6.50. The lowest BCUT2D eigenvalue weighted by Crippen LogP contribution is -2.30. The molecule has 0 spiro atoms. The van der Waals surface area contributed by atoms with E-state index in [0.717, 1.165) is 19.5 Å². The van der Waals surface area contributed by atoms with Crippen molar-refractivity contribution >= 4 is 0 Å². The molecule has 0 aromatic carbocycles. The summed E-state index contributed by atoms with van der Waals surface area (Å²) in [6.07, 6.45) is 6.01. The van der Waals surface area contributed by atoms with Gasteiger partial charge in [0.1, 0.15) is 0 Å². The van der Waals surface area contributed by atoms with E-state index in [4.69, 9.17) is 0 Å². The average Bonchev–Trinajstić information content (AvgIpc) is 2.34. The molecule has 0 unspecified atom stereocenters. The van der Waals surface area contributed by atoms with Crippen LogP contribution in [0.15, 0.2) is 24.5 Å². The minimum Gasteiger partial charge on any atom is -0.316 e. The van der Waals surface area contributed by atoms with Crippen molar-refractivity contribution in [3.05, 3.63) is 30.1 Å². The summed E-state index contributed by atoms with van der Waals surface area (Å²) in [5.74, 6) is 0. The monoisotopic (exact) mass is 235 g/mol. The van der Waals surface area contributed by atoms with Crippen molar-refractivity contribution in [1.29, 1.82) is 0 Å². The molecule has 0 saturated heterocycles. The summed E-state index contributed by atoms with van der Waals surface area (Å²) in [4.78, 5) is 6.39. The first-order chi connectivity index (χ1) is 8.20. The van der Waals surface area contributed by atoms with Crippen LogP contribution >= 0.6 is 0 Å². The maximum atomic E-state index is 4.01. The van der Waals surface area contributed by atoms with Crippen LogP contribution in [-0.2, 0) is 6.42 Å². The Morgan fingerprint density at radius 1 is 1.24 bits per heavy atom. The molecule has 0 aliphatic rings. The molecular formula is C14H25N3. The number of nitrogens with one attached hydrogen (secondary N) is 1. The largest absolute Gasteiger partial charge is 0.316 e. The highest BCUT2D eigenvalue weighted by Gasteiger charge is 2.01. The minimum absolute atomic E-state index is 0.645. The highest BCUT2D eigenvalue weighted by atomic mass is 15.1. The zero-order valence-electron chi connectivity index (χ0n) is 11.3. The van der Waals surface area contributed by atoms with Crippen molar-refractivity contribution in [3.8, 4) is 0 Å². The molecule has 1 aromatic heterocycles. The van der Waals surface area contributed by atoms with Gasteiger partial charge in [0.25, 0.3) is 0 Å². The molecule has 17 heavy (non-hydrogen) atoms. The Labute approximate surface area is 105 Å². The van der Waals surface area contributed by atoms with Gasteiger partial charge in [0.05, 0.1) is 0 Å². The van der Waals surface area contributed by atoms with E-state index in [1.165, 1.54) is 18.5 Å². The van der Waals surface area contributed by atoms with E-state index in [0.29, 0.717) is 6.04 Å². The first-order valence-corrected chi connectivity index (χ1v) is 6.50. The normalized spacial score (nSPS) is 11.4. The number of aromatic nitrogens is 1. The average molecular weight is 235 g/mol. The second kappa shape index (κ2) is 8.20. The molecule has 1 rings (SSSR count). The first kappa shape index (κ1) is 14.1. The fourth-order valence-corrected chi connectivity index (χ4v) is 1.62. The summed E-state index contributed by atoms with van der Waals surface area (Å²) in [6.45, 7) is 7.78. The van der Waals surface area contributed by atoms with Gasteiger partial charge in [0.15, 0.2) is 0 Å². The van der Waals surface area contributed by atoms with Crippen molar-refractivity contribution in [2.75, 3.05) is 26.7 Å². The molecule has 3 heteroatoms. The van der Waals surface area contributed by atoms with Gasteiger partial charge < -0.3 is 10.2 Å². The number of rotatable bonds is 8. The summed E-state index contributed by atoms with van der Waals surface area (Å²) in [5.41, 5.74) is 1.35. The molecule has 0 aliphatic carbocycles. The molecule has 96 valence electrons. The fraction of sp³-hybridized carbons (Fsp3) is 0.643. The Morgan fingerprint density at radius 3 is 2.59 bits per heavy atom. The van der Waals surface area contributed by atoms with Gasteiger partial charge in [-0.15, -0.1) is 0 Å². The molecule has 1 heterocycles. The topological polar surface area (TPSA) is 28.2 Å². The quantitative estimate of drug-likeness (QED) is 0.698. The van der Waals surface area contributed by atoms with Crippen LogP contribution in [0, 0.1) is 0 Å². The molecule has 0 bridgehead atoms. The van der Waals surface area contributed by atoms with E-state index in [-0.39, 0.29) is 0 Å². The Bertz CT molecular complexity index is 285. The van der Waals surface area contributed by atoms with E-state index < -0.39 is 0 Å². The molecule has 3 nitrogen and oxygen atoms in total. The lowest BCUT2D eigenvalue weighted by molar-refractivity contribution is 0.269. The van der Waals surface area contributed by atoms with Gasteiger partial charge in [-0.25, -0.2) is 0 Å². The summed E-state index contributed by atoms with van der Waals surface area (Å²) < 4.78 is 0. The minimum atomic E-state index is 0.645. The molecule has 0 saturated carbocycles. The molecular weight excluding hydrogens is 210 g/mol. The van der Waals surface area contributed by atoms with Crippen LogP contribution in [0.3, 0.4) is 0 Å². The molecule has 1 aromatic rings. The molecule has 0 fully saturated rings. The summed E-state index contributed by atoms with van der Waals surface area (Å²) >= 11 is 0. The van der Waals surface area contributed by atoms with E-state index in [9.17, 15) is 0 Å². The summed E-state index contributed by atoms with van der Waals surface area (Å²) in [5, 5.41) is 3.48. The predicted octanol–water partition coefficient (Wildman–Crippen LogP) is 1.94. The standard InChI is InChI=1S/C14H25N3/c1-13(2)17(3)12-4-8-15-9-5-14-6-10-16-11-7-14/h6-7,10-11,13,15H,4-5,8-9,12H2,1-3H3. The summed E-state index contributed by atoms with van der Waals surface area (Å²) in [6, 6.07) is 4.80. The van der Waals surface area contributed by atoms with E-state index in [2.05, 4.69) is 48.2 Å². The zero-order chi connectivity index (χ0) is 12.5. The third-order valence-electron chi connectivity index (χ3n) is 3.09. The van der Waals surface area contributed by atoms with Crippen LogP contribution in [0.5, 0.6) is 0 Å². The summed E-state index contributed by atoms with van der Waals surface area (Å²) in [7, 11) is 2.18. The van der Waals surface area contributed by atoms with Crippen LogP contribution < -0.4 is 5.32 Å².